The van der Waals surface area contributed by atoms with E-state index >= 15 is 0 Å². The van der Waals surface area contributed by atoms with Gasteiger partial charge in [0.25, 0.3) is 0 Å². The SMILES string of the molecule is CCc1cc(O)ccc1C[C@@H](NC(=O)OC(C)(C)C)C(=O)O. The van der Waals surface area contributed by atoms with Gasteiger partial charge in [0, 0.05) is 6.42 Å². The van der Waals surface area contributed by atoms with Crippen molar-refractivity contribution >= 4 is 12.1 Å². The Morgan fingerprint density at radius 3 is 2.41 bits per heavy atom. The summed E-state index contributed by atoms with van der Waals surface area (Å²) < 4.78 is 5.08. The number of phenolic OH excluding ortho intramolecular Hbond substituents is 1. The van der Waals surface area contributed by atoms with E-state index in [0.29, 0.717) is 6.42 Å². The quantitative estimate of drug-likeness (QED) is 0.776. The van der Waals surface area contributed by atoms with Gasteiger partial charge in [-0.2, -0.15) is 0 Å². The monoisotopic (exact) mass is 309 g/mol. The molecule has 0 radical (unpaired) electrons. The van der Waals surface area contributed by atoms with Crippen LogP contribution in [0.2, 0.25) is 0 Å². The van der Waals surface area contributed by atoms with Crippen molar-refractivity contribution in [3.63, 3.8) is 0 Å². The third-order valence-electron chi connectivity index (χ3n) is 2.98. The lowest BCUT2D eigenvalue weighted by Gasteiger charge is -2.22. The molecule has 1 atom stereocenters. The number of rotatable bonds is 5. The first-order valence-electron chi connectivity index (χ1n) is 7.15. The summed E-state index contributed by atoms with van der Waals surface area (Å²) in [5.41, 5.74) is 0.918. The number of carbonyl (C=O) groups excluding carboxylic acids is 1. The van der Waals surface area contributed by atoms with Gasteiger partial charge < -0.3 is 20.3 Å². The Kier molecular flexibility index (Phi) is 5.79. The van der Waals surface area contributed by atoms with E-state index in [0.717, 1.165) is 11.1 Å². The molecule has 1 aromatic carbocycles. The Morgan fingerprint density at radius 1 is 1.27 bits per heavy atom. The van der Waals surface area contributed by atoms with Gasteiger partial charge in [0.05, 0.1) is 0 Å². The molecule has 0 aliphatic heterocycles. The van der Waals surface area contributed by atoms with Crippen LogP contribution in [0.25, 0.3) is 0 Å². The maximum absolute atomic E-state index is 11.7. The van der Waals surface area contributed by atoms with Crippen LogP contribution in [0.3, 0.4) is 0 Å². The summed E-state index contributed by atoms with van der Waals surface area (Å²) in [6, 6.07) is 3.67. The molecule has 0 unspecified atom stereocenters. The molecule has 0 fully saturated rings. The molecular formula is C16H23NO5. The molecule has 0 bridgehead atoms. The van der Waals surface area contributed by atoms with Crippen LogP contribution >= 0.6 is 0 Å². The molecule has 3 N–H and O–H groups in total. The second kappa shape index (κ2) is 7.15. The number of carboxylic acid groups (broad SMARTS) is 1. The largest absolute Gasteiger partial charge is 0.508 e. The van der Waals surface area contributed by atoms with Gasteiger partial charge >= 0.3 is 12.1 Å². The van der Waals surface area contributed by atoms with Crippen molar-refractivity contribution in [2.45, 2.75) is 52.2 Å². The van der Waals surface area contributed by atoms with Crippen LogP contribution in [0.1, 0.15) is 38.8 Å². The number of hydrogen-bond acceptors (Lipinski definition) is 4. The summed E-state index contributed by atoms with van der Waals surface area (Å²) >= 11 is 0. The molecular weight excluding hydrogens is 286 g/mol. The van der Waals surface area contributed by atoms with Gasteiger partial charge in [-0.25, -0.2) is 9.59 Å². The molecule has 0 aliphatic rings. The maximum atomic E-state index is 11.7. The zero-order chi connectivity index (χ0) is 16.9. The summed E-state index contributed by atoms with van der Waals surface area (Å²) in [5, 5.41) is 21.1. The van der Waals surface area contributed by atoms with Gasteiger partial charge in [0.15, 0.2) is 0 Å². The average Bonchev–Trinajstić information content (AvgIpc) is 2.37. The molecule has 0 heterocycles. The third kappa shape index (κ3) is 5.63. The smallest absolute Gasteiger partial charge is 0.408 e. The first-order chi connectivity index (χ1) is 10.1. The van der Waals surface area contributed by atoms with Crippen molar-refractivity contribution in [1.82, 2.24) is 5.32 Å². The zero-order valence-corrected chi connectivity index (χ0v) is 13.3. The lowest BCUT2D eigenvalue weighted by atomic mass is 9.98. The standard InChI is InChI=1S/C16H23NO5/c1-5-10-8-12(18)7-6-11(10)9-13(14(19)20)17-15(21)22-16(2,3)4/h6-8,13,18H,5,9H2,1-4H3,(H,17,21)(H,19,20)/t13-/m1/s1. The van der Waals surface area contributed by atoms with Crippen LogP contribution in [0.5, 0.6) is 5.75 Å². The van der Waals surface area contributed by atoms with E-state index < -0.39 is 23.7 Å². The van der Waals surface area contributed by atoms with E-state index in [1.807, 2.05) is 6.92 Å². The maximum Gasteiger partial charge on any atom is 0.408 e. The van der Waals surface area contributed by atoms with E-state index in [1.54, 1.807) is 32.9 Å². The van der Waals surface area contributed by atoms with Crippen molar-refractivity contribution in [3.05, 3.63) is 29.3 Å². The van der Waals surface area contributed by atoms with Crippen molar-refractivity contribution in [2.24, 2.45) is 0 Å². The minimum absolute atomic E-state index is 0.123. The van der Waals surface area contributed by atoms with Gasteiger partial charge in [0.1, 0.15) is 17.4 Å². The highest BCUT2D eigenvalue weighted by Gasteiger charge is 2.24. The lowest BCUT2D eigenvalue weighted by Crippen LogP contribution is -2.44. The highest BCUT2D eigenvalue weighted by molar-refractivity contribution is 5.80. The number of aryl methyl sites for hydroxylation is 1. The molecule has 6 heteroatoms. The predicted octanol–water partition coefficient (Wildman–Crippen LogP) is 2.47. The Labute approximate surface area is 130 Å². The van der Waals surface area contributed by atoms with Gasteiger partial charge in [-0.15, -0.1) is 0 Å². The number of carboxylic acids is 1. The second-order valence-corrected chi connectivity index (χ2v) is 6.05. The number of amides is 1. The summed E-state index contributed by atoms with van der Waals surface area (Å²) in [7, 11) is 0. The lowest BCUT2D eigenvalue weighted by molar-refractivity contribution is -0.139. The number of alkyl carbamates (subject to hydrolysis) is 1. The fourth-order valence-corrected chi connectivity index (χ4v) is 2.01. The van der Waals surface area contributed by atoms with Crippen LogP contribution in [0, 0.1) is 0 Å². The summed E-state index contributed by atoms with van der Waals surface area (Å²) in [6.07, 6.45) is 0.0114. The van der Waals surface area contributed by atoms with E-state index in [-0.39, 0.29) is 12.2 Å². The molecule has 0 spiro atoms. The minimum atomic E-state index is -1.14. The van der Waals surface area contributed by atoms with Crippen molar-refractivity contribution in [1.29, 1.82) is 0 Å². The molecule has 22 heavy (non-hydrogen) atoms. The molecule has 1 aromatic rings. The number of hydrogen-bond donors (Lipinski definition) is 3. The third-order valence-corrected chi connectivity index (χ3v) is 2.98. The molecule has 0 aliphatic carbocycles. The number of phenols is 1. The second-order valence-electron chi connectivity index (χ2n) is 6.05. The van der Waals surface area contributed by atoms with Gasteiger partial charge in [-0.3, -0.25) is 0 Å². The number of ether oxygens (including phenoxy) is 1. The van der Waals surface area contributed by atoms with Crippen molar-refractivity contribution < 1.29 is 24.5 Å². The summed E-state index contributed by atoms with van der Waals surface area (Å²) in [6.45, 7) is 7.03. The molecule has 1 amide bonds. The highest BCUT2D eigenvalue weighted by atomic mass is 16.6. The summed E-state index contributed by atoms with van der Waals surface area (Å²) in [4.78, 5) is 23.1. The molecule has 122 valence electrons. The van der Waals surface area contributed by atoms with E-state index in [1.165, 1.54) is 6.07 Å². The van der Waals surface area contributed by atoms with Crippen LogP contribution in [-0.4, -0.2) is 33.9 Å². The topological polar surface area (TPSA) is 95.9 Å². The molecule has 0 saturated carbocycles. The Hall–Kier alpha value is -2.24. The predicted molar refractivity (Wildman–Crippen MR) is 82.0 cm³/mol. The Bertz CT molecular complexity index is 548. The Balaban J connectivity index is 2.85. The van der Waals surface area contributed by atoms with E-state index in [4.69, 9.17) is 4.74 Å². The van der Waals surface area contributed by atoms with E-state index in [2.05, 4.69) is 5.32 Å². The fourth-order valence-electron chi connectivity index (χ4n) is 2.01. The van der Waals surface area contributed by atoms with Gasteiger partial charge in [0.2, 0.25) is 0 Å². The molecule has 1 rings (SSSR count). The number of aromatic hydroxyl groups is 1. The normalized spacial score (nSPS) is 12.5. The number of aliphatic carboxylic acids is 1. The number of nitrogens with one attached hydrogen (secondary N) is 1. The van der Waals surface area contributed by atoms with E-state index in [9.17, 15) is 19.8 Å². The van der Waals surface area contributed by atoms with Crippen LogP contribution < -0.4 is 5.32 Å². The first kappa shape index (κ1) is 17.8. The number of benzene rings is 1. The molecule has 6 nitrogen and oxygen atoms in total. The van der Waals surface area contributed by atoms with Crippen molar-refractivity contribution in [3.8, 4) is 5.75 Å². The molecule has 0 saturated heterocycles. The van der Waals surface area contributed by atoms with Crippen molar-refractivity contribution in [2.75, 3.05) is 0 Å². The van der Waals surface area contributed by atoms with Crippen LogP contribution in [-0.2, 0) is 22.4 Å². The van der Waals surface area contributed by atoms with Gasteiger partial charge in [-0.05, 0) is 50.5 Å². The molecule has 0 aromatic heterocycles. The summed E-state index contributed by atoms with van der Waals surface area (Å²) in [5.74, 6) is -1.01. The first-order valence-corrected chi connectivity index (χ1v) is 7.15. The van der Waals surface area contributed by atoms with Gasteiger partial charge in [-0.1, -0.05) is 13.0 Å². The van der Waals surface area contributed by atoms with Crippen LogP contribution in [0.15, 0.2) is 18.2 Å². The minimum Gasteiger partial charge on any atom is -0.508 e. The Morgan fingerprint density at radius 2 is 1.91 bits per heavy atom. The average molecular weight is 309 g/mol. The zero-order valence-electron chi connectivity index (χ0n) is 13.3. The highest BCUT2D eigenvalue weighted by Crippen LogP contribution is 2.19. The fraction of sp³-hybridized carbons (Fsp3) is 0.500. The number of carbonyl (C=O) groups is 2. The van der Waals surface area contributed by atoms with Crippen LogP contribution in [0.4, 0.5) is 4.79 Å².